The van der Waals surface area contributed by atoms with Crippen molar-refractivity contribution in [2.45, 2.75) is 15.9 Å². The number of alkyl halides is 5. The van der Waals surface area contributed by atoms with E-state index in [9.17, 15) is 27.6 Å². The molecular formula is C27H17Cl2F3N2O3. The van der Waals surface area contributed by atoms with Crippen LogP contribution in [0.1, 0.15) is 27.8 Å². The monoisotopic (exact) mass is 544 g/mol. The first kappa shape index (κ1) is 24.0. The summed E-state index contributed by atoms with van der Waals surface area (Å²) in [6, 6.07) is 18.6. The molecule has 0 spiro atoms. The minimum absolute atomic E-state index is 0.473. The fourth-order valence-electron chi connectivity index (χ4n) is 6.05. The van der Waals surface area contributed by atoms with Gasteiger partial charge in [0.2, 0.25) is 17.7 Å². The minimum atomic E-state index is -4.70. The van der Waals surface area contributed by atoms with Crippen LogP contribution in [0, 0.1) is 11.8 Å². The Labute approximate surface area is 219 Å². The van der Waals surface area contributed by atoms with Crippen LogP contribution in [0.15, 0.2) is 72.8 Å². The van der Waals surface area contributed by atoms with Crippen molar-refractivity contribution in [2.24, 2.45) is 11.8 Å². The number of hydrogen-bond donors (Lipinski definition) is 1. The summed E-state index contributed by atoms with van der Waals surface area (Å²) in [5.41, 5.74) is 0.922. The fraction of sp³-hybridized carbons (Fsp3) is 0.222. The van der Waals surface area contributed by atoms with Crippen LogP contribution in [0.4, 0.5) is 18.9 Å². The average Bonchev–Trinajstić information content (AvgIpc) is 3.13. The zero-order valence-corrected chi connectivity index (χ0v) is 20.4. The molecule has 0 radical (unpaired) electrons. The Morgan fingerprint density at radius 1 is 0.784 bits per heavy atom. The molecule has 7 rings (SSSR count). The number of likely N-dealkylation sites (tertiary alicyclic amines) is 1. The van der Waals surface area contributed by atoms with Gasteiger partial charge in [-0.3, -0.25) is 19.3 Å². The molecule has 1 N–H and O–H groups in total. The number of carbonyl (C=O) groups is 3. The van der Waals surface area contributed by atoms with Crippen molar-refractivity contribution in [3.8, 4) is 0 Å². The van der Waals surface area contributed by atoms with Crippen LogP contribution < -0.4 is 5.32 Å². The van der Waals surface area contributed by atoms with Gasteiger partial charge in [-0.05, 0) is 34.4 Å². The van der Waals surface area contributed by atoms with E-state index >= 15 is 0 Å². The van der Waals surface area contributed by atoms with Crippen molar-refractivity contribution in [3.63, 3.8) is 0 Å². The van der Waals surface area contributed by atoms with Crippen molar-refractivity contribution in [1.82, 2.24) is 4.90 Å². The van der Waals surface area contributed by atoms with Crippen molar-refractivity contribution in [1.29, 1.82) is 0 Å². The van der Waals surface area contributed by atoms with Crippen LogP contribution in [0.25, 0.3) is 0 Å². The number of nitrogens with one attached hydrogen (secondary N) is 1. The summed E-state index contributed by atoms with van der Waals surface area (Å²) in [7, 11) is 0. The van der Waals surface area contributed by atoms with Gasteiger partial charge in [0.15, 0.2) is 0 Å². The molecule has 37 heavy (non-hydrogen) atoms. The van der Waals surface area contributed by atoms with Crippen LogP contribution in [-0.4, -0.2) is 29.2 Å². The number of nitrogens with zero attached hydrogens (tertiary/aromatic N) is 1. The predicted molar refractivity (Wildman–Crippen MR) is 130 cm³/mol. The number of benzene rings is 3. The van der Waals surface area contributed by atoms with Gasteiger partial charge in [-0.2, -0.15) is 13.2 Å². The molecule has 4 aliphatic rings. The highest BCUT2D eigenvalue weighted by atomic mass is 35.5. The van der Waals surface area contributed by atoms with E-state index in [1.165, 1.54) is 12.1 Å². The first-order valence-electron chi connectivity index (χ1n) is 11.4. The van der Waals surface area contributed by atoms with E-state index in [2.05, 4.69) is 5.32 Å². The van der Waals surface area contributed by atoms with Crippen LogP contribution in [-0.2, 0) is 30.3 Å². The number of halogens is 5. The Kier molecular flexibility index (Phi) is 5.07. The standard InChI is InChI=1S/C27H17Cl2F3N2O3/c28-25-14-7-1-2-8-15(14)26(29,17-10-4-3-9-16(17)25)22-21(25)23(36)34(24(22)37)13-20(35)33-19-12-6-5-11-18(19)27(30,31)32/h1-12,21-22H,13H2,(H,33,35)/t21-,22-,25?,26?/m0/s1. The number of amides is 3. The van der Waals surface area contributed by atoms with E-state index in [0.717, 1.165) is 17.0 Å². The van der Waals surface area contributed by atoms with Crippen molar-refractivity contribution in [3.05, 3.63) is 101 Å². The molecule has 0 aromatic heterocycles. The molecular weight excluding hydrogens is 528 g/mol. The lowest BCUT2D eigenvalue weighted by Crippen LogP contribution is -2.57. The number of rotatable bonds is 3. The second-order valence-electron chi connectivity index (χ2n) is 9.32. The highest BCUT2D eigenvalue weighted by Gasteiger charge is 2.73. The Hall–Kier alpha value is -3.36. The van der Waals surface area contributed by atoms with Crippen molar-refractivity contribution in [2.75, 3.05) is 11.9 Å². The lowest BCUT2D eigenvalue weighted by atomic mass is 9.54. The third kappa shape index (κ3) is 3.09. The smallest absolute Gasteiger partial charge is 0.324 e. The van der Waals surface area contributed by atoms with Gasteiger partial charge in [-0.1, -0.05) is 60.7 Å². The number of imide groups is 1. The summed E-state index contributed by atoms with van der Waals surface area (Å²) >= 11 is 14.6. The maximum atomic E-state index is 13.7. The van der Waals surface area contributed by atoms with Gasteiger partial charge in [-0.25, -0.2) is 0 Å². The topological polar surface area (TPSA) is 66.5 Å². The molecule has 0 unspecified atom stereocenters. The number of carbonyl (C=O) groups excluding carboxylic acids is 3. The molecule has 0 saturated carbocycles. The van der Waals surface area contributed by atoms with E-state index < -0.39 is 63.3 Å². The average molecular weight is 545 g/mol. The number of anilines is 1. The van der Waals surface area contributed by atoms with Gasteiger partial charge in [-0.15, -0.1) is 23.2 Å². The Bertz CT molecular complexity index is 1380. The van der Waals surface area contributed by atoms with Gasteiger partial charge in [0.05, 0.1) is 23.1 Å². The van der Waals surface area contributed by atoms with Gasteiger partial charge >= 0.3 is 6.18 Å². The summed E-state index contributed by atoms with van der Waals surface area (Å²) in [6.45, 7) is -0.774. The molecule has 3 amide bonds. The molecule has 1 saturated heterocycles. The SMILES string of the molecule is O=C(CN1C(=O)[C@@H]2[C@@H](C1=O)C1(Cl)c3ccccc3C2(Cl)c2ccccc21)Nc1ccccc1C(F)(F)F. The largest absolute Gasteiger partial charge is 0.418 e. The number of hydrogen-bond acceptors (Lipinski definition) is 3. The Morgan fingerprint density at radius 2 is 1.19 bits per heavy atom. The summed E-state index contributed by atoms with van der Waals surface area (Å²) in [6.07, 6.45) is -4.70. The predicted octanol–water partition coefficient (Wildman–Crippen LogP) is 5.24. The molecule has 3 aromatic carbocycles. The molecule has 1 aliphatic heterocycles. The van der Waals surface area contributed by atoms with Gasteiger partial charge < -0.3 is 5.32 Å². The van der Waals surface area contributed by atoms with Gasteiger partial charge in [0, 0.05) is 0 Å². The minimum Gasteiger partial charge on any atom is -0.324 e. The normalized spacial score (nSPS) is 27.5. The van der Waals surface area contributed by atoms with Crippen LogP contribution >= 0.6 is 23.2 Å². The first-order valence-corrected chi connectivity index (χ1v) is 12.2. The highest BCUT2D eigenvalue weighted by molar-refractivity contribution is 6.36. The Balaban J connectivity index is 1.39. The maximum Gasteiger partial charge on any atom is 0.418 e. The molecule has 1 heterocycles. The van der Waals surface area contributed by atoms with Crippen molar-refractivity contribution < 1.29 is 27.6 Å². The third-order valence-corrected chi connectivity index (χ3v) is 8.77. The molecule has 1 fully saturated rings. The zero-order chi connectivity index (χ0) is 26.3. The zero-order valence-electron chi connectivity index (χ0n) is 18.9. The number of para-hydroxylation sites is 1. The lowest BCUT2D eigenvalue weighted by Gasteiger charge is -2.54. The van der Waals surface area contributed by atoms with E-state index in [1.807, 2.05) is 0 Å². The first-order chi connectivity index (χ1) is 17.5. The summed E-state index contributed by atoms with van der Waals surface area (Å²) in [4.78, 5) is 38.2. The Morgan fingerprint density at radius 3 is 1.62 bits per heavy atom. The molecule has 10 heteroatoms. The second kappa shape index (κ2) is 7.82. The van der Waals surface area contributed by atoms with Crippen LogP contribution in [0.5, 0.6) is 0 Å². The van der Waals surface area contributed by atoms with E-state index in [4.69, 9.17) is 23.2 Å². The summed E-state index contributed by atoms with van der Waals surface area (Å²) in [5.74, 6) is -4.54. The van der Waals surface area contributed by atoms with E-state index in [-0.39, 0.29) is 0 Å². The van der Waals surface area contributed by atoms with Gasteiger partial charge in [0.1, 0.15) is 16.3 Å². The second-order valence-corrected chi connectivity index (χ2v) is 10.5. The molecule has 188 valence electrons. The van der Waals surface area contributed by atoms with Crippen LogP contribution in [0.3, 0.4) is 0 Å². The maximum absolute atomic E-state index is 13.7. The van der Waals surface area contributed by atoms with Crippen molar-refractivity contribution >= 4 is 46.6 Å². The summed E-state index contributed by atoms with van der Waals surface area (Å²) in [5, 5.41) is 2.19. The fourth-order valence-corrected chi connectivity index (χ4v) is 7.15. The van der Waals surface area contributed by atoms with E-state index in [1.54, 1.807) is 48.5 Å². The highest BCUT2D eigenvalue weighted by Crippen LogP contribution is 2.69. The quantitative estimate of drug-likeness (QED) is 0.362. The molecule has 3 aliphatic carbocycles. The molecule has 3 aromatic rings. The lowest BCUT2D eigenvalue weighted by molar-refractivity contribution is -0.143. The van der Waals surface area contributed by atoms with Crippen LogP contribution in [0.2, 0.25) is 0 Å². The molecule has 2 atom stereocenters. The molecule has 5 nitrogen and oxygen atoms in total. The molecule has 2 bridgehead atoms. The third-order valence-electron chi connectivity index (χ3n) is 7.48. The van der Waals surface area contributed by atoms with E-state index in [0.29, 0.717) is 22.3 Å². The van der Waals surface area contributed by atoms with Gasteiger partial charge in [0.25, 0.3) is 0 Å². The summed E-state index contributed by atoms with van der Waals surface area (Å²) < 4.78 is 40.1.